The van der Waals surface area contributed by atoms with Crippen molar-refractivity contribution in [3.63, 3.8) is 0 Å². The first kappa shape index (κ1) is 20.1. The van der Waals surface area contributed by atoms with Gasteiger partial charge in [-0.2, -0.15) is 0 Å². The summed E-state index contributed by atoms with van der Waals surface area (Å²) in [6.07, 6.45) is 15.8. The largest absolute Gasteiger partial charge is 0.481 e. The number of aliphatic hydroxyl groups is 1. The molecule has 2 N–H and O–H groups in total. The lowest BCUT2D eigenvalue weighted by Gasteiger charge is -2.27. The van der Waals surface area contributed by atoms with Crippen molar-refractivity contribution in [2.75, 3.05) is 0 Å². The van der Waals surface area contributed by atoms with E-state index in [1.807, 2.05) is 6.08 Å². The van der Waals surface area contributed by atoms with E-state index in [2.05, 4.69) is 25.2 Å². The molecule has 5 atom stereocenters. The third kappa shape index (κ3) is 6.57. The zero-order valence-corrected chi connectivity index (χ0v) is 15.2. The molecule has 2 bridgehead atoms. The highest BCUT2D eigenvalue weighted by molar-refractivity contribution is 5.66. The van der Waals surface area contributed by atoms with E-state index in [4.69, 9.17) is 14.9 Å². The minimum atomic E-state index is -0.741. The first-order valence-electron chi connectivity index (χ1n) is 9.67. The lowest BCUT2D eigenvalue weighted by atomic mass is 9.89. The van der Waals surface area contributed by atoms with Crippen LogP contribution in [-0.4, -0.2) is 34.5 Å². The monoisotopic (exact) mass is 352 g/mol. The number of hydrogen-bond donors (Lipinski definition) is 2. The molecule has 1 aliphatic carbocycles. The van der Waals surface area contributed by atoms with Crippen LogP contribution in [0.1, 0.15) is 64.7 Å². The average Bonchev–Trinajstić information content (AvgIpc) is 3.17. The predicted octanol–water partition coefficient (Wildman–Crippen LogP) is 4.02. The highest BCUT2D eigenvalue weighted by Gasteiger charge is 2.49. The lowest BCUT2D eigenvalue weighted by Crippen LogP contribution is -2.28. The smallest absolute Gasteiger partial charge is 0.303 e. The van der Waals surface area contributed by atoms with Gasteiger partial charge in [-0.1, -0.05) is 50.5 Å². The highest BCUT2D eigenvalue weighted by Crippen LogP contribution is 2.44. The Bertz CT molecular complexity index is 459. The molecule has 0 aromatic rings. The molecule has 5 heteroatoms. The Labute approximate surface area is 150 Å². The molecule has 2 fully saturated rings. The van der Waals surface area contributed by atoms with Crippen LogP contribution in [0.3, 0.4) is 0 Å². The molecule has 2 rings (SSSR count). The molecule has 1 saturated heterocycles. The van der Waals surface area contributed by atoms with E-state index in [0.29, 0.717) is 12.3 Å². The van der Waals surface area contributed by atoms with E-state index in [1.165, 1.54) is 0 Å². The standard InChI is InChI=1S/C20H32O5/c1-2-3-6-9-15(21)12-13-17-16(18-14-19(17)25-24-18)10-7-4-5-8-11-20(22)23/h4,7,12-13,15-19,21H,2-3,5-6,8-11,14H2,1H3,(H,22,23)/b7-4-,13-12+/t15-,16+,17+,18+,19?/m0/s1. The molecular formula is C20H32O5. The Morgan fingerprint density at radius 2 is 2.00 bits per heavy atom. The summed E-state index contributed by atoms with van der Waals surface area (Å²) in [6, 6.07) is 0. The van der Waals surface area contributed by atoms with Crippen molar-refractivity contribution in [1.29, 1.82) is 0 Å². The molecule has 1 heterocycles. The normalized spacial score (nSPS) is 29.8. The number of aliphatic carboxylic acids is 1. The molecule has 25 heavy (non-hydrogen) atoms. The molecule has 1 saturated carbocycles. The molecular weight excluding hydrogens is 320 g/mol. The van der Waals surface area contributed by atoms with Gasteiger partial charge < -0.3 is 10.2 Å². The number of allylic oxidation sites excluding steroid dienone is 2. The Morgan fingerprint density at radius 1 is 1.20 bits per heavy atom. The van der Waals surface area contributed by atoms with Crippen molar-refractivity contribution >= 4 is 5.97 Å². The van der Waals surface area contributed by atoms with Crippen molar-refractivity contribution in [3.8, 4) is 0 Å². The second-order valence-corrected chi connectivity index (χ2v) is 7.19. The minimum absolute atomic E-state index is 0.0921. The SMILES string of the molecule is CCCCC[C@H](O)/C=C/[C@H]1C2C[C@@H](OO2)[C@@H]1C/C=C\CCCC(=O)O. The Hall–Kier alpha value is -1.17. The fourth-order valence-corrected chi connectivity index (χ4v) is 3.72. The second-order valence-electron chi connectivity index (χ2n) is 7.19. The van der Waals surface area contributed by atoms with Crippen LogP contribution in [0.4, 0.5) is 0 Å². The summed E-state index contributed by atoms with van der Waals surface area (Å²) in [5, 5.41) is 18.7. The van der Waals surface area contributed by atoms with Crippen LogP contribution in [0.25, 0.3) is 0 Å². The van der Waals surface area contributed by atoms with Gasteiger partial charge in [0, 0.05) is 24.7 Å². The molecule has 0 amide bonds. The third-order valence-corrected chi connectivity index (χ3v) is 5.16. The number of carboxylic acid groups (broad SMARTS) is 1. The van der Waals surface area contributed by atoms with Crippen LogP contribution in [0.2, 0.25) is 0 Å². The van der Waals surface area contributed by atoms with Gasteiger partial charge in [0.2, 0.25) is 0 Å². The first-order chi connectivity index (χ1) is 12.1. The topological polar surface area (TPSA) is 76.0 Å². The summed E-state index contributed by atoms with van der Waals surface area (Å²) in [4.78, 5) is 21.3. The van der Waals surface area contributed by atoms with Gasteiger partial charge in [0.1, 0.15) is 6.10 Å². The van der Waals surface area contributed by atoms with Gasteiger partial charge >= 0.3 is 5.97 Å². The maximum absolute atomic E-state index is 10.5. The van der Waals surface area contributed by atoms with Crippen molar-refractivity contribution in [2.24, 2.45) is 11.8 Å². The molecule has 142 valence electrons. The van der Waals surface area contributed by atoms with Gasteiger partial charge in [0.15, 0.2) is 0 Å². The van der Waals surface area contributed by atoms with Crippen LogP contribution in [0.15, 0.2) is 24.3 Å². The van der Waals surface area contributed by atoms with E-state index in [1.54, 1.807) is 0 Å². The van der Waals surface area contributed by atoms with Crippen molar-refractivity contribution in [2.45, 2.75) is 83.0 Å². The van der Waals surface area contributed by atoms with E-state index in [-0.39, 0.29) is 30.7 Å². The number of carbonyl (C=O) groups is 1. The third-order valence-electron chi connectivity index (χ3n) is 5.16. The molecule has 1 aliphatic heterocycles. The number of aliphatic hydroxyl groups excluding tert-OH is 1. The van der Waals surface area contributed by atoms with Crippen LogP contribution >= 0.6 is 0 Å². The Balaban J connectivity index is 1.78. The first-order valence-corrected chi connectivity index (χ1v) is 9.67. The van der Waals surface area contributed by atoms with Crippen molar-refractivity contribution in [3.05, 3.63) is 24.3 Å². The van der Waals surface area contributed by atoms with Crippen LogP contribution < -0.4 is 0 Å². The Kier molecular flexibility index (Phi) is 8.65. The molecule has 0 aromatic heterocycles. The fraction of sp³-hybridized carbons (Fsp3) is 0.750. The highest BCUT2D eigenvalue weighted by atomic mass is 17.2. The molecule has 5 nitrogen and oxygen atoms in total. The van der Waals surface area contributed by atoms with E-state index in [0.717, 1.165) is 44.9 Å². The fourth-order valence-electron chi connectivity index (χ4n) is 3.72. The quantitative estimate of drug-likeness (QED) is 0.315. The summed E-state index contributed by atoms with van der Waals surface area (Å²) < 4.78 is 0. The summed E-state index contributed by atoms with van der Waals surface area (Å²) in [6.45, 7) is 2.16. The van der Waals surface area contributed by atoms with E-state index < -0.39 is 5.97 Å². The van der Waals surface area contributed by atoms with Gasteiger partial charge in [-0.05, 0) is 25.7 Å². The Morgan fingerprint density at radius 3 is 2.76 bits per heavy atom. The predicted molar refractivity (Wildman–Crippen MR) is 95.9 cm³/mol. The van der Waals surface area contributed by atoms with Crippen LogP contribution in [0, 0.1) is 11.8 Å². The summed E-state index contributed by atoms with van der Waals surface area (Å²) in [5.74, 6) is -0.0912. The van der Waals surface area contributed by atoms with E-state index in [9.17, 15) is 9.90 Å². The van der Waals surface area contributed by atoms with Gasteiger partial charge in [0.05, 0.1) is 12.2 Å². The average molecular weight is 352 g/mol. The summed E-state index contributed by atoms with van der Waals surface area (Å²) >= 11 is 0. The van der Waals surface area contributed by atoms with Crippen LogP contribution in [0.5, 0.6) is 0 Å². The van der Waals surface area contributed by atoms with Crippen molar-refractivity contribution in [1.82, 2.24) is 0 Å². The summed E-state index contributed by atoms with van der Waals surface area (Å²) in [5.41, 5.74) is 0. The number of unbranched alkanes of at least 4 members (excludes halogenated alkanes) is 3. The van der Waals surface area contributed by atoms with Gasteiger partial charge in [0.25, 0.3) is 0 Å². The van der Waals surface area contributed by atoms with Gasteiger partial charge in [-0.25, -0.2) is 9.78 Å². The lowest BCUT2D eigenvalue weighted by molar-refractivity contribution is -0.336. The zero-order valence-electron chi connectivity index (χ0n) is 15.2. The molecule has 0 radical (unpaired) electrons. The maximum atomic E-state index is 10.5. The molecule has 2 aliphatic rings. The number of fused-ring (bicyclic) bond motifs is 2. The van der Waals surface area contributed by atoms with Crippen LogP contribution in [-0.2, 0) is 14.6 Å². The number of hydrogen-bond acceptors (Lipinski definition) is 4. The minimum Gasteiger partial charge on any atom is -0.481 e. The van der Waals surface area contributed by atoms with E-state index >= 15 is 0 Å². The molecule has 0 aromatic carbocycles. The number of carboxylic acids is 1. The van der Waals surface area contributed by atoms with Gasteiger partial charge in [-0.3, -0.25) is 4.79 Å². The van der Waals surface area contributed by atoms with Gasteiger partial charge in [-0.15, -0.1) is 0 Å². The maximum Gasteiger partial charge on any atom is 0.303 e. The zero-order chi connectivity index (χ0) is 18.1. The summed E-state index contributed by atoms with van der Waals surface area (Å²) in [7, 11) is 0. The number of rotatable bonds is 12. The van der Waals surface area contributed by atoms with Crippen molar-refractivity contribution < 1.29 is 24.8 Å². The molecule has 0 spiro atoms. The second kappa shape index (κ2) is 10.7. The molecule has 1 unspecified atom stereocenters.